The number of pyridine rings is 1. The van der Waals surface area contributed by atoms with Crippen molar-refractivity contribution in [2.24, 2.45) is 0 Å². The van der Waals surface area contributed by atoms with E-state index in [1.54, 1.807) is 25.4 Å². The minimum atomic E-state index is -0.164. The van der Waals surface area contributed by atoms with Crippen LogP contribution in [-0.4, -0.2) is 31.2 Å². The Hall–Kier alpha value is -1.92. The summed E-state index contributed by atoms with van der Waals surface area (Å²) in [5, 5.41) is 6.06. The van der Waals surface area contributed by atoms with E-state index in [1.807, 2.05) is 25.1 Å². The normalized spacial score (nSPS) is 10.4. The van der Waals surface area contributed by atoms with Crippen molar-refractivity contribution in [3.63, 3.8) is 0 Å². The molecule has 1 aromatic heterocycles. The van der Waals surface area contributed by atoms with Crippen LogP contribution in [0.15, 0.2) is 41.0 Å². The zero-order valence-corrected chi connectivity index (χ0v) is 14.8. The maximum Gasteiger partial charge on any atom is 0.255 e. The molecule has 6 heteroatoms. The van der Waals surface area contributed by atoms with Crippen LogP contribution in [0.4, 0.5) is 11.5 Å². The van der Waals surface area contributed by atoms with E-state index in [2.05, 4.69) is 31.5 Å². The van der Waals surface area contributed by atoms with Gasteiger partial charge < -0.3 is 15.4 Å². The summed E-state index contributed by atoms with van der Waals surface area (Å²) < 4.78 is 5.96. The Bertz CT molecular complexity index is 677. The van der Waals surface area contributed by atoms with Gasteiger partial charge in [-0.15, -0.1) is 0 Å². The number of hydrogen-bond acceptors (Lipinski definition) is 4. The third-order valence-corrected chi connectivity index (χ3v) is 4.14. The van der Waals surface area contributed by atoms with Crippen molar-refractivity contribution in [1.82, 2.24) is 4.98 Å². The average Bonchev–Trinajstić information content (AvgIpc) is 2.55. The summed E-state index contributed by atoms with van der Waals surface area (Å²) in [4.78, 5) is 16.5. The molecule has 23 heavy (non-hydrogen) atoms. The van der Waals surface area contributed by atoms with Gasteiger partial charge in [-0.05, 0) is 43.2 Å². The van der Waals surface area contributed by atoms with E-state index in [1.165, 1.54) is 0 Å². The van der Waals surface area contributed by atoms with Gasteiger partial charge in [0, 0.05) is 42.2 Å². The molecule has 0 aliphatic heterocycles. The van der Waals surface area contributed by atoms with Gasteiger partial charge in [-0.3, -0.25) is 4.79 Å². The molecule has 122 valence electrons. The molecule has 0 radical (unpaired) electrons. The van der Waals surface area contributed by atoms with Gasteiger partial charge in [0.2, 0.25) is 0 Å². The molecule has 0 unspecified atom stereocenters. The van der Waals surface area contributed by atoms with Gasteiger partial charge in [0.05, 0.1) is 0 Å². The molecule has 5 nitrogen and oxygen atoms in total. The van der Waals surface area contributed by atoms with Gasteiger partial charge in [-0.2, -0.15) is 0 Å². The number of aryl methyl sites for hydroxylation is 1. The smallest absolute Gasteiger partial charge is 0.255 e. The third kappa shape index (κ3) is 5.33. The molecule has 0 bridgehead atoms. The number of aromatic nitrogens is 1. The molecule has 0 saturated heterocycles. The Balaban J connectivity index is 2.00. The highest BCUT2D eigenvalue weighted by Gasteiger charge is 2.08. The van der Waals surface area contributed by atoms with Crippen LogP contribution >= 0.6 is 15.9 Å². The van der Waals surface area contributed by atoms with Crippen molar-refractivity contribution in [2.45, 2.75) is 13.3 Å². The van der Waals surface area contributed by atoms with Gasteiger partial charge in [0.1, 0.15) is 5.82 Å². The van der Waals surface area contributed by atoms with Crippen molar-refractivity contribution in [3.05, 3.63) is 52.1 Å². The Morgan fingerprint density at radius 3 is 2.87 bits per heavy atom. The molecule has 0 spiro atoms. The molecule has 1 heterocycles. The number of rotatable bonds is 7. The van der Waals surface area contributed by atoms with Gasteiger partial charge in [0.15, 0.2) is 0 Å². The molecule has 0 aliphatic carbocycles. The molecule has 1 amide bonds. The molecule has 2 aromatic rings. The van der Waals surface area contributed by atoms with Crippen molar-refractivity contribution in [1.29, 1.82) is 0 Å². The first kappa shape index (κ1) is 17.4. The summed E-state index contributed by atoms with van der Waals surface area (Å²) in [6.45, 7) is 3.44. The lowest BCUT2D eigenvalue weighted by atomic mass is 10.2. The van der Waals surface area contributed by atoms with E-state index < -0.39 is 0 Å². The number of carbonyl (C=O) groups is 1. The van der Waals surface area contributed by atoms with Crippen LogP contribution < -0.4 is 10.6 Å². The third-order valence-electron chi connectivity index (χ3n) is 3.28. The lowest BCUT2D eigenvalue weighted by Gasteiger charge is -2.09. The molecule has 2 rings (SSSR count). The largest absolute Gasteiger partial charge is 0.385 e. The summed E-state index contributed by atoms with van der Waals surface area (Å²) in [5.74, 6) is 0.516. The van der Waals surface area contributed by atoms with E-state index in [0.717, 1.165) is 28.7 Å². The number of amides is 1. The number of carbonyl (C=O) groups excluding carboxylic acids is 1. The second kappa shape index (κ2) is 8.64. The van der Waals surface area contributed by atoms with E-state index in [4.69, 9.17) is 4.74 Å². The summed E-state index contributed by atoms with van der Waals surface area (Å²) in [6, 6.07) is 9.15. The summed E-state index contributed by atoms with van der Waals surface area (Å²) in [7, 11) is 1.67. The van der Waals surface area contributed by atoms with Crippen molar-refractivity contribution >= 4 is 33.3 Å². The minimum absolute atomic E-state index is 0.164. The van der Waals surface area contributed by atoms with Crippen LogP contribution in [0.5, 0.6) is 0 Å². The van der Waals surface area contributed by atoms with Crippen LogP contribution in [0.1, 0.15) is 22.3 Å². The number of nitrogens with one attached hydrogen (secondary N) is 2. The van der Waals surface area contributed by atoms with Gasteiger partial charge in [-0.25, -0.2) is 4.98 Å². The Morgan fingerprint density at radius 2 is 2.13 bits per heavy atom. The number of halogens is 1. The fraction of sp³-hybridized carbons (Fsp3) is 0.294. The Kier molecular flexibility index (Phi) is 6.55. The van der Waals surface area contributed by atoms with Crippen LogP contribution in [0.3, 0.4) is 0 Å². The zero-order valence-electron chi connectivity index (χ0n) is 13.2. The van der Waals surface area contributed by atoms with Gasteiger partial charge in [0.25, 0.3) is 5.91 Å². The number of ether oxygens (including phenoxy) is 1. The molecule has 1 aromatic carbocycles. The second-order valence-electron chi connectivity index (χ2n) is 5.12. The van der Waals surface area contributed by atoms with Crippen molar-refractivity contribution in [2.75, 3.05) is 30.9 Å². The molecular weight excluding hydrogens is 358 g/mol. The zero-order chi connectivity index (χ0) is 16.7. The maximum atomic E-state index is 12.3. The van der Waals surface area contributed by atoms with E-state index in [-0.39, 0.29) is 5.91 Å². The topological polar surface area (TPSA) is 63.2 Å². The van der Waals surface area contributed by atoms with Crippen molar-refractivity contribution in [3.8, 4) is 0 Å². The van der Waals surface area contributed by atoms with E-state index in [0.29, 0.717) is 18.0 Å². The monoisotopic (exact) mass is 377 g/mol. The molecular formula is C17H20BrN3O2. The molecule has 0 atom stereocenters. The van der Waals surface area contributed by atoms with Gasteiger partial charge >= 0.3 is 0 Å². The number of benzene rings is 1. The first-order valence-electron chi connectivity index (χ1n) is 7.36. The molecule has 2 N–H and O–H groups in total. The summed E-state index contributed by atoms with van der Waals surface area (Å²) in [5.41, 5.74) is 2.43. The highest BCUT2D eigenvalue weighted by atomic mass is 79.9. The highest BCUT2D eigenvalue weighted by Crippen LogP contribution is 2.21. The second-order valence-corrected chi connectivity index (χ2v) is 5.98. The SMILES string of the molecule is COCCCNc1cc(C(=O)Nc2ccc(C)c(Br)c2)ccn1. The first-order valence-corrected chi connectivity index (χ1v) is 8.16. The van der Waals surface area contributed by atoms with Crippen LogP contribution in [0.2, 0.25) is 0 Å². The number of methoxy groups -OCH3 is 1. The van der Waals surface area contributed by atoms with E-state index in [9.17, 15) is 4.79 Å². The van der Waals surface area contributed by atoms with Gasteiger partial charge in [-0.1, -0.05) is 22.0 Å². The molecule has 0 aliphatic rings. The average molecular weight is 378 g/mol. The van der Waals surface area contributed by atoms with Crippen LogP contribution in [0.25, 0.3) is 0 Å². The summed E-state index contributed by atoms with van der Waals surface area (Å²) >= 11 is 3.46. The predicted molar refractivity (Wildman–Crippen MR) is 96.1 cm³/mol. The van der Waals surface area contributed by atoms with Crippen molar-refractivity contribution < 1.29 is 9.53 Å². The lowest BCUT2D eigenvalue weighted by Crippen LogP contribution is -2.13. The predicted octanol–water partition coefficient (Wildman–Crippen LogP) is 3.85. The lowest BCUT2D eigenvalue weighted by molar-refractivity contribution is 0.102. The number of nitrogens with zero attached hydrogens (tertiary/aromatic N) is 1. The maximum absolute atomic E-state index is 12.3. The minimum Gasteiger partial charge on any atom is -0.385 e. The van der Waals surface area contributed by atoms with E-state index >= 15 is 0 Å². The fourth-order valence-electron chi connectivity index (χ4n) is 1.98. The molecule has 0 saturated carbocycles. The molecule has 0 fully saturated rings. The Morgan fingerprint density at radius 1 is 1.30 bits per heavy atom. The highest BCUT2D eigenvalue weighted by molar-refractivity contribution is 9.10. The Labute approximate surface area is 144 Å². The number of anilines is 2. The number of hydrogen-bond donors (Lipinski definition) is 2. The first-order chi connectivity index (χ1) is 11.1. The summed E-state index contributed by atoms with van der Waals surface area (Å²) in [6.07, 6.45) is 2.50. The standard InChI is InChI=1S/C17H20BrN3O2/c1-12-4-5-14(11-15(12)18)21-17(22)13-6-8-20-16(10-13)19-7-3-9-23-2/h4-6,8,10-11H,3,7,9H2,1-2H3,(H,19,20)(H,21,22). The van der Waals surface area contributed by atoms with Crippen LogP contribution in [-0.2, 0) is 4.74 Å². The fourth-order valence-corrected chi connectivity index (χ4v) is 2.35. The quantitative estimate of drug-likeness (QED) is 0.719. The van der Waals surface area contributed by atoms with Crippen LogP contribution in [0, 0.1) is 6.92 Å².